The number of halogens is 3. The highest BCUT2D eigenvalue weighted by atomic mass is 32.1. The maximum absolute atomic E-state index is 12.5. The second kappa shape index (κ2) is 7.39. The van der Waals surface area contributed by atoms with Gasteiger partial charge in [-0.15, -0.1) is 0 Å². The first-order chi connectivity index (χ1) is 11.3. The largest absolute Gasteiger partial charge is 0.497 e. The summed E-state index contributed by atoms with van der Waals surface area (Å²) >= 11 is 5.16. The Labute approximate surface area is 142 Å². The van der Waals surface area contributed by atoms with E-state index >= 15 is 0 Å². The van der Waals surface area contributed by atoms with Gasteiger partial charge in [0.25, 0.3) is 0 Å². The molecule has 2 aromatic carbocycles. The summed E-state index contributed by atoms with van der Waals surface area (Å²) in [4.78, 5) is 0. The van der Waals surface area contributed by atoms with Gasteiger partial charge in [-0.1, -0.05) is 0 Å². The van der Waals surface area contributed by atoms with Crippen molar-refractivity contribution in [1.29, 1.82) is 0 Å². The summed E-state index contributed by atoms with van der Waals surface area (Å²) in [7, 11) is 3.05. The number of benzene rings is 2. The van der Waals surface area contributed by atoms with Gasteiger partial charge in [-0.3, -0.25) is 0 Å². The Hall–Kier alpha value is -2.48. The molecule has 0 aromatic heterocycles. The minimum atomic E-state index is -4.37. The first kappa shape index (κ1) is 17.9. The van der Waals surface area contributed by atoms with Gasteiger partial charge in [-0.05, 0) is 36.5 Å². The molecule has 0 amide bonds. The van der Waals surface area contributed by atoms with Gasteiger partial charge in [0.05, 0.1) is 19.8 Å². The Morgan fingerprint density at radius 2 is 1.38 bits per heavy atom. The van der Waals surface area contributed by atoms with E-state index in [2.05, 4.69) is 10.6 Å². The molecule has 24 heavy (non-hydrogen) atoms. The van der Waals surface area contributed by atoms with E-state index in [1.165, 1.54) is 26.4 Å². The van der Waals surface area contributed by atoms with E-state index in [1.54, 1.807) is 18.2 Å². The average molecular weight is 356 g/mol. The van der Waals surface area contributed by atoms with E-state index in [9.17, 15) is 13.2 Å². The van der Waals surface area contributed by atoms with Crippen LogP contribution in [0.25, 0.3) is 0 Å². The summed E-state index contributed by atoms with van der Waals surface area (Å²) in [5.41, 5.74) is 0.343. The molecule has 0 saturated heterocycles. The van der Waals surface area contributed by atoms with E-state index in [0.29, 0.717) is 22.9 Å². The molecule has 0 bridgehead atoms. The lowest BCUT2D eigenvalue weighted by atomic mass is 10.2. The van der Waals surface area contributed by atoms with E-state index < -0.39 is 11.7 Å². The third-order valence-electron chi connectivity index (χ3n) is 3.08. The SMILES string of the molecule is COc1cc(NC(=S)Nc2ccc(C(F)(F)F)cc2)cc(OC)c1. The van der Waals surface area contributed by atoms with Crippen LogP contribution in [-0.2, 0) is 6.18 Å². The Morgan fingerprint density at radius 1 is 0.875 bits per heavy atom. The topological polar surface area (TPSA) is 42.5 Å². The lowest BCUT2D eigenvalue weighted by Crippen LogP contribution is -2.19. The lowest BCUT2D eigenvalue weighted by Gasteiger charge is -2.13. The summed E-state index contributed by atoms with van der Waals surface area (Å²) in [6, 6.07) is 9.72. The predicted molar refractivity (Wildman–Crippen MR) is 90.8 cm³/mol. The number of hydrogen-bond donors (Lipinski definition) is 2. The molecule has 0 fully saturated rings. The third-order valence-corrected chi connectivity index (χ3v) is 3.28. The number of anilines is 2. The molecule has 4 nitrogen and oxygen atoms in total. The van der Waals surface area contributed by atoms with Crippen LogP contribution in [0.2, 0.25) is 0 Å². The van der Waals surface area contributed by atoms with E-state index in [-0.39, 0.29) is 5.11 Å². The molecular formula is C16H15F3N2O2S. The smallest absolute Gasteiger partial charge is 0.416 e. The Kier molecular flexibility index (Phi) is 5.50. The molecule has 0 saturated carbocycles. The fraction of sp³-hybridized carbons (Fsp3) is 0.188. The van der Waals surface area contributed by atoms with Crippen molar-refractivity contribution in [3.05, 3.63) is 48.0 Å². The molecule has 128 valence electrons. The fourth-order valence-electron chi connectivity index (χ4n) is 1.92. The van der Waals surface area contributed by atoms with Gasteiger partial charge < -0.3 is 20.1 Å². The monoisotopic (exact) mass is 356 g/mol. The Morgan fingerprint density at radius 3 is 1.83 bits per heavy atom. The highest BCUT2D eigenvalue weighted by Crippen LogP contribution is 2.30. The van der Waals surface area contributed by atoms with Crippen molar-refractivity contribution in [3.63, 3.8) is 0 Å². The second-order valence-electron chi connectivity index (χ2n) is 4.76. The molecule has 8 heteroatoms. The van der Waals surface area contributed by atoms with Gasteiger partial charge in [0, 0.05) is 29.6 Å². The summed E-state index contributed by atoms with van der Waals surface area (Å²) in [5.74, 6) is 1.16. The molecule has 2 N–H and O–H groups in total. The number of ether oxygens (including phenoxy) is 2. The minimum Gasteiger partial charge on any atom is -0.497 e. The molecule has 0 heterocycles. The molecule has 0 unspecified atom stereocenters. The summed E-state index contributed by atoms with van der Waals surface area (Å²) < 4.78 is 47.9. The van der Waals surface area contributed by atoms with Gasteiger partial charge >= 0.3 is 6.18 Å². The second-order valence-corrected chi connectivity index (χ2v) is 5.16. The summed E-state index contributed by atoms with van der Waals surface area (Å²) in [6.07, 6.45) is -4.37. The van der Waals surface area contributed by atoms with Crippen LogP contribution >= 0.6 is 12.2 Å². The molecule has 0 radical (unpaired) electrons. The zero-order valence-electron chi connectivity index (χ0n) is 12.9. The first-order valence-electron chi connectivity index (χ1n) is 6.80. The zero-order valence-corrected chi connectivity index (χ0v) is 13.7. The maximum Gasteiger partial charge on any atom is 0.416 e. The van der Waals surface area contributed by atoms with Gasteiger partial charge in [-0.25, -0.2) is 0 Å². The highest BCUT2D eigenvalue weighted by molar-refractivity contribution is 7.80. The van der Waals surface area contributed by atoms with Crippen molar-refractivity contribution in [2.45, 2.75) is 6.18 Å². The molecule has 2 aromatic rings. The zero-order chi connectivity index (χ0) is 17.7. The lowest BCUT2D eigenvalue weighted by molar-refractivity contribution is -0.137. The molecule has 0 aliphatic carbocycles. The number of alkyl halides is 3. The summed E-state index contributed by atoms with van der Waals surface area (Å²) in [5, 5.41) is 5.97. The average Bonchev–Trinajstić information content (AvgIpc) is 2.53. The van der Waals surface area contributed by atoms with E-state index in [4.69, 9.17) is 21.7 Å². The third kappa shape index (κ3) is 4.76. The van der Waals surface area contributed by atoms with Crippen LogP contribution < -0.4 is 20.1 Å². The molecule has 0 atom stereocenters. The molecular weight excluding hydrogens is 341 g/mol. The minimum absolute atomic E-state index is 0.227. The van der Waals surface area contributed by atoms with Crippen molar-refractivity contribution >= 4 is 28.7 Å². The number of nitrogens with one attached hydrogen (secondary N) is 2. The highest BCUT2D eigenvalue weighted by Gasteiger charge is 2.29. The van der Waals surface area contributed by atoms with Crippen LogP contribution in [0.4, 0.5) is 24.5 Å². The normalized spacial score (nSPS) is 10.9. The Bertz CT molecular complexity index is 696. The summed E-state index contributed by atoms with van der Waals surface area (Å²) in [6.45, 7) is 0. The van der Waals surface area contributed by atoms with Crippen LogP contribution in [0.3, 0.4) is 0 Å². The van der Waals surface area contributed by atoms with Gasteiger partial charge in [0.15, 0.2) is 5.11 Å². The van der Waals surface area contributed by atoms with Crippen molar-refractivity contribution in [2.75, 3.05) is 24.9 Å². The van der Waals surface area contributed by atoms with Gasteiger partial charge in [-0.2, -0.15) is 13.2 Å². The van der Waals surface area contributed by atoms with Crippen LogP contribution in [-0.4, -0.2) is 19.3 Å². The van der Waals surface area contributed by atoms with Crippen LogP contribution in [0.1, 0.15) is 5.56 Å². The molecule has 2 rings (SSSR count). The van der Waals surface area contributed by atoms with Crippen LogP contribution in [0.5, 0.6) is 11.5 Å². The van der Waals surface area contributed by atoms with E-state index in [1.807, 2.05) is 0 Å². The van der Waals surface area contributed by atoms with Gasteiger partial charge in [0.1, 0.15) is 11.5 Å². The van der Waals surface area contributed by atoms with Gasteiger partial charge in [0.2, 0.25) is 0 Å². The quantitative estimate of drug-likeness (QED) is 0.788. The fourth-order valence-corrected chi connectivity index (χ4v) is 2.15. The van der Waals surface area contributed by atoms with Crippen molar-refractivity contribution in [2.24, 2.45) is 0 Å². The number of rotatable bonds is 4. The van der Waals surface area contributed by atoms with Crippen LogP contribution in [0.15, 0.2) is 42.5 Å². The van der Waals surface area contributed by atoms with Crippen molar-refractivity contribution in [1.82, 2.24) is 0 Å². The maximum atomic E-state index is 12.5. The predicted octanol–water partition coefficient (Wildman–Crippen LogP) is 4.53. The van der Waals surface area contributed by atoms with Crippen molar-refractivity contribution < 1.29 is 22.6 Å². The first-order valence-corrected chi connectivity index (χ1v) is 7.21. The van der Waals surface area contributed by atoms with E-state index in [0.717, 1.165) is 12.1 Å². The standard InChI is InChI=1S/C16H15F3N2O2S/c1-22-13-7-12(8-14(9-13)23-2)21-15(24)20-11-5-3-10(4-6-11)16(17,18)19/h3-9H,1-2H3,(H2,20,21,24). The van der Waals surface area contributed by atoms with Crippen molar-refractivity contribution in [3.8, 4) is 11.5 Å². The molecule has 0 aliphatic heterocycles. The molecule has 0 spiro atoms. The molecule has 0 aliphatic rings. The van der Waals surface area contributed by atoms with Crippen LogP contribution in [0, 0.1) is 0 Å². The number of methoxy groups -OCH3 is 2. The number of hydrogen-bond acceptors (Lipinski definition) is 3. The Balaban J connectivity index is 2.05. The number of thiocarbonyl (C=S) groups is 1.